The lowest BCUT2D eigenvalue weighted by Crippen LogP contribution is -2.22. The highest BCUT2D eigenvalue weighted by Gasteiger charge is 2.14. The van der Waals surface area contributed by atoms with Gasteiger partial charge in [0.25, 0.3) is 0 Å². The minimum absolute atomic E-state index is 0.474. The van der Waals surface area contributed by atoms with E-state index in [0.29, 0.717) is 12.5 Å². The first-order chi connectivity index (χ1) is 11.6. The van der Waals surface area contributed by atoms with Gasteiger partial charge in [0, 0.05) is 12.5 Å². The first kappa shape index (κ1) is 18.5. The van der Waals surface area contributed by atoms with Gasteiger partial charge in [-0.2, -0.15) is 0 Å². The maximum Gasteiger partial charge on any atom is 0.120 e. The Hall–Kier alpha value is -1.81. The van der Waals surface area contributed by atoms with Crippen molar-refractivity contribution < 1.29 is 9.57 Å². The summed E-state index contributed by atoms with van der Waals surface area (Å²) in [6, 6.07) is 8.15. The molecule has 0 amide bonds. The van der Waals surface area contributed by atoms with Crippen molar-refractivity contribution >= 4 is 11.8 Å². The smallest absolute Gasteiger partial charge is 0.120 e. The first-order valence-corrected chi connectivity index (χ1v) is 8.77. The fraction of sp³-hybridized carbons (Fsp3) is 0.550. The van der Waals surface area contributed by atoms with Crippen LogP contribution in [0.5, 0.6) is 5.75 Å². The zero-order valence-electron chi connectivity index (χ0n) is 15.4. The third-order valence-corrected chi connectivity index (χ3v) is 4.15. The Balaban J connectivity index is 2.00. The van der Waals surface area contributed by atoms with E-state index in [1.165, 1.54) is 24.0 Å². The summed E-state index contributed by atoms with van der Waals surface area (Å²) in [6.07, 6.45) is 6.71. The standard InChI is InChI=1S/C20H30N2O2/c1-16(14-22(2)3)15-24-21-20-8-6-5-7-18(20)13-17-9-11-19(23-4)12-10-17/h9-13,16H,5-8,14-15H2,1-4H3. The van der Waals surface area contributed by atoms with E-state index in [4.69, 9.17) is 9.57 Å². The van der Waals surface area contributed by atoms with Crippen LogP contribution in [0.3, 0.4) is 0 Å². The molecule has 1 atom stereocenters. The summed E-state index contributed by atoms with van der Waals surface area (Å²) in [5.41, 5.74) is 3.59. The number of hydrogen-bond acceptors (Lipinski definition) is 4. The minimum Gasteiger partial charge on any atom is -0.497 e. The highest BCUT2D eigenvalue weighted by molar-refractivity contribution is 6.04. The Morgan fingerprint density at radius 1 is 1.17 bits per heavy atom. The lowest BCUT2D eigenvalue weighted by atomic mass is 9.91. The van der Waals surface area contributed by atoms with Crippen LogP contribution in [0, 0.1) is 5.92 Å². The molecule has 1 fully saturated rings. The molecule has 1 aliphatic rings. The molecule has 4 heteroatoms. The second-order valence-electron chi connectivity index (χ2n) is 6.85. The van der Waals surface area contributed by atoms with Gasteiger partial charge in [-0.25, -0.2) is 0 Å². The van der Waals surface area contributed by atoms with E-state index in [0.717, 1.165) is 30.8 Å². The second kappa shape index (κ2) is 9.48. The van der Waals surface area contributed by atoms with Crippen molar-refractivity contribution in [1.82, 2.24) is 4.90 Å². The van der Waals surface area contributed by atoms with E-state index in [9.17, 15) is 0 Å². The van der Waals surface area contributed by atoms with Crippen LogP contribution in [0.1, 0.15) is 38.2 Å². The first-order valence-electron chi connectivity index (χ1n) is 8.77. The van der Waals surface area contributed by atoms with Crippen molar-refractivity contribution in [2.75, 3.05) is 34.4 Å². The van der Waals surface area contributed by atoms with E-state index < -0.39 is 0 Å². The third kappa shape index (κ3) is 6.00. The van der Waals surface area contributed by atoms with Crippen molar-refractivity contribution in [2.45, 2.75) is 32.6 Å². The van der Waals surface area contributed by atoms with Crippen LogP contribution in [0.4, 0.5) is 0 Å². The third-order valence-electron chi connectivity index (χ3n) is 4.15. The van der Waals surface area contributed by atoms with Gasteiger partial charge in [-0.3, -0.25) is 0 Å². The average Bonchev–Trinajstić information content (AvgIpc) is 2.56. The van der Waals surface area contributed by atoms with Gasteiger partial charge in [0.15, 0.2) is 0 Å². The summed E-state index contributed by atoms with van der Waals surface area (Å²) in [5, 5.41) is 4.45. The molecule has 1 aromatic rings. The lowest BCUT2D eigenvalue weighted by Gasteiger charge is -2.18. The predicted molar refractivity (Wildman–Crippen MR) is 101 cm³/mol. The van der Waals surface area contributed by atoms with Gasteiger partial charge in [-0.05, 0) is 69.1 Å². The van der Waals surface area contributed by atoms with E-state index in [2.05, 4.69) is 49.3 Å². The average molecular weight is 330 g/mol. The molecular formula is C20H30N2O2. The number of allylic oxidation sites excluding steroid dienone is 1. The number of methoxy groups -OCH3 is 1. The monoisotopic (exact) mass is 330 g/mol. The van der Waals surface area contributed by atoms with Crippen molar-refractivity contribution in [1.29, 1.82) is 0 Å². The van der Waals surface area contributed by atoms with Gasteiger partial charge in [0.1, 0.15) is 12.4 Å². The number of hydrogen-bond donors (Lipinski definition) is 0. The molecule has 0 heterocycles. The lowest BCUT2D eigenvalue weighted by molar-refractivity contribution is 0.101. The highest BCUT2D eigenvalue weighted by atomic mass is 16.6. The Morgan fingerprint density at radius 3 is 2.54 bits per heavy atom. The fourth-order valence-corrected chi connectivity index (χ4v) is 2.99. The van der Waals surface area contributed by atoms with E-state index in [-0.39, 0.29) is 0 Å². The number of rotatable bonds is 7. The predicted octanol–water partition coefficient (Wildman–Crippen LogP) is 4.22. The molecule has 0 saturated heterocycles. The summed E-state index contributed by atoms with van der Waals surface area (Å²) in [7, 11) is 5.85. The molecule has 4 nitrogen and oxygen atoms in total. The van der Waals surface area contributed by atoms with Gasteiger partial charge in [-0.15, -0.1) is 0 Å². The molecule has 1 unspecified atom stereocenters. The van der Waals surface area contributed by atoms with E-state index in [1.54, 1.807) is 7.11 Å². The largest absolute Gasteiger partial charge is 0.497 e. The molecule has 132 valence electrons. The van der Waals surface area contributed by atoms with Crippen molar-refractivity contribution in [3.05, 3.63) is 35.4 Å². The molecule has 2 rings (SSSR count). The highest BCUT2D eigenvalue weighted by Crippen LogP contribution is 2.24. The van der Waals surface area contributed by atoms with Crippen LogP contribution in [0.2, 0.25) is 0 Å². The van der Waals surface area contributed by atoms with Gasteiger partial charge in [-0.1, -0.05) is 24.2 Å². The molecule has 0 radical (unpaired) electrons. The van der Waals surface area contributed by atoms with Crippen molar-refractivity contribution in [2.24, 2.45) is 11.1 Å². The Morgan fingerprint density at radius 2 is 1.88 bits per heavy atom. The number of ether oxygens (including phenoxy) is 1. The molecule has 0 bridgehead atoms. The van der Waals surface area contributed by atoms with Crippen LogP contribution < -0.4 is 4.74 Å². The summed E-state index contributed by atoms with van der Waals surface area (Å²) < 4.78 is 5.22. The van der Waals surface area contributed by atoms with Crippen LogP contribution in [-0.2, 0) is 4.84 Å². The van der Waals surface area contributed by atoms with Gasteiger partial charge in [0.05, 0.1) is 12.8 Å². The normalized spacial score (nSPS) is 19.7. The van der Waals surface area contributed by atoms with Crippen LogP contribution in [-0.4, -0.2) is 45.0 Å². The van der Waals surface area contributed by atoms with Gasteiger partial charge < -0.3 is 14.5 Å². The molecule has 0 N–H and O–H groups in total. The number of benzene rings is 1. The Labute approximate surface area is 146 Å². The number of oxime groups is 1. The fourth-order valence-electron chi connectivity index (χ4n) is 2.99. The zero-order chi connectivity index (χ0) is 17.4. The van der Waals surface area contributed by atoms with Crippen LogP contribution >= 0.6 is 0 Å². The molecule has 1 saturated carbocycles. The SMILES string of the molecule is COc1ccc(C=C2CCCCC2=NOCC(C)CN(C)C)cc1. The molecule has 0 aliphatic heterocycles. The molecule has 1 aliphatic carbocycles. The van der Waals surface area contributed by atoms with Crippen LogP contribution in [0.15, 0.2) is 35.0 Å². The summed E-state index contributed by atoms with van der Waals surface area (Å²) in [4.78, 5) is 7.82. The minimum atomic E-state index is 0.474. The maximum absolute atomic E-state index is 5.64. The van der Waals surface area contributed by atoms with E-state index >= 15 is 0 Å². The topological polar surface area (TPSA) is 34.1 Å². The summed E-state index contributed by atoms with van der Waals surface area (Å²) >= 11 is 0. The molecule has 0 aromatic heterocycles. The molecule has 24 heavy (non-hydrogen) atoms. The van der Waals surface area contributed by atoms with Crippen molar-refractivity contribution in [3.8, 4) is 5.75 Å². The van der Waals surface area contributed by atoms with Crippen LogP contribution in [0.25, 0.3) is 6.08 Å². The number of nitrogens with zero attached hydrogens (tertiary/aromatic N) is 2. The quantitative estimate of drug-likeness (QED) is 0.702. The van der Waals surface area contributed by atoms with E-state index in [1.807, 2.05) is 12.1 Å². The van der Waals surface area contributed by atoms with Crippen molar-refractivity contribution in [3.63, 3.8) is 0 Å². The maximum atomic E-state index is 5.64. The molecule has 0 spiro atoms. The summed E-state index contributed by atoms with van der Waals surface area (Å²) in [6.45, 7) is 3.87. The van der Waals surface area contributed by atoms with Gasteiger partial charge in [0.2, 0.25) is 0 Å². The Bertz CT molecular complexity index is 562. The second-order valence-corrected chi connectivity index (χ2v) is 6.85. The molecule has 1 aromatic carbocycles. The zero-order valence-corrected chi connectivity index (χ0v) is 15.4. The van der Waals surface area contributed by atoms with Gasteiger partial charge >= 0.3 is 0 Å². The molecular weight excluding hydrogens is 300 g/mol. The Kier molecular flexibility index (Phi) is 7.32. The summed E-state index contributed by atoms with van der Waals surface area (Å²) in [5.74, 6) is 1.36.